The molecule has 0 bridgehead atoms. The summed E-state index contributed by atoms with van der Waals surface area (Å²) in [6.07, 6.45) is 0. The highest BCUT2D eigenvalue weighted by atomic mass is 32.1. The first-order valence-corrected chi connectivity index (χ1v) is 13.9. The van der Waals surface area contributed by atoms with Crippen LogP contribution in [0.5, 0.6) is 0 Å². The maximum Gasteiger partial charge on any atom is 0.0528 e. The fourth-order valence-corrected chi connectivity index (χ4v) is 9.19. The van der Waals surface area contributed by atoms with Crippen molar-refractivity contribution in [2.24, 2.45) is 11.5 Å². The van der Waals surface area contributed by atoms with Gasteiger partial charge in [-0.05, 0) is 87.7 Å². The van der Waals surface area contributed by atoms with Gasteiger partial charge in [0.2, 0.25) is 0 Å². The van der Waals surface area contributed by atoms with E-state index in [2.05, 4.69) is 77.9 Å². The third kappa shape index (κ3) is 3.77. The molecule has 0 aliphatic carbocycles. The highest BCUT2D eigenvalue weighted by Gasteiger charge is 2.23. The first-order chi connectivity index (χ1) is 14.9. The van der Waals surface area contributed by atoms with Gasteiger partial charge in [0, 0.05) is 40.3 Å². The Morgan fingerprint density at radius 3 is 1.84 bits per heavy atom. The summed E-state index contributed by atoms with van der Waals surface area (Å²) in [7, 11) is 0. The van der Waals surface area contributed by atoms with E-state index in [1.54, 1.807) is 0 Å². The van der Waals surface area contributed by atoms with Crippen molar-refractivity contribution in [2.75, 3.05) is 0 Å². The summed E-state index contributed by atoms with van der Waals surface area (Å²) >= 11 is 7.46. The van der Waals surface area contributed by atoms with Gasteiger partial charge in [0.05, 0.1) is 9.40 Å². The van der Waals surface area contributed by atoms with E-state index in [0.717, 1.165) is 0 Å². The second-order valence-electron chi connectivity index (χ2n) is 9.81. The average Bonchev–Trinajstić information content (AvgIpc) is 3.42. The molecule has 0 aliphatic rings. The van der Waals surface area contributed by atoms with E-state index >= 15 is 0 Å². The maximum absolute atomic E-state index is 6.40. The molecule has 5 aromatic rings. The van der Waals surface area contributed by atoms with Gasteiger partial charge < -0.3 is 11.5 Å². The highest BCUT2D eigenvalue weighted by molar-refractivity contribution is 7.31. The number of fused-ring (bicyclic) bond motifs is 3. The van der Waals surface area contributed by atoms with Crippen molar-refractivity contribution in [2.45, 2.75) is 52.6 Å². The summed E-state index contributed by atoms with van der Waals surface area (Å²) in [5.41, 5.74) is 14.8. The monoisotopic (exact) mass is 496 g/mol. The fraction of sp³-hybridized carbons (Fsp3) is 0.308. The van der Waals surface area contributed by atoms with Gasteiger partial charge in [0.15, 0.2) is 0 Å². The van der Waals surface area contributed by atoms with E-state index < -0.39 is 0 Å². The van der Waals surface area contributed by atoms with Gasteiger partial charge in [0.25, 0.3) is 0 Å². The Hall–Kier alpha value is -1.54. The molecular formula is C26H28N2S4. The predicted molar refractivity (Wildman–Crippen MR) is 148 cm³/mol. The number of aryl methyl sites for hydroxylation is 2. The zero-order valence-corrected chi connectivity index (χ0v) is 22.5. The SMILES string of the molecule is Cc1cc(-c2cc(C)c(C(C)(C)N)s2)sc1-c1cc2ccc3cc(C(C)(C)N)sc3c2s1. The number of thiophene rings is 4. The minimum atomic E-state index is -0.314. The molecule has 0 unspecified atom stereocenters. The summed E-state index contributed by atoms with van der Waals surface area (Å²) in [6.45, 7) is 12.7. The van der Waals surface area contributed by atoms with Crippen molar-refractivity contribution in [3.63, 3.8) is 0 Å². The second kappa shape index (κ2) is 7.49. The minimum Gasteiger partial charge on any atom is -0.321 e. The third-order valence-corrected chi connectivity index (χ3v) is 11.7. The Labute approximate surface area is 205 Å². The van der Waals surface area contributed by atoms with Crippen LogP contribution in [-0.2, 0) is 11.1 Å². The van der Waals surface area contributed by atoms with Crippen LogP contribution < -0.4 is 11.5 Å². The molecule has 0 radical (unpaired) electrons. The van der Waals surface area contributed by atoms with Crippen LogP contribution in [0.3, 0.4) is 0 Å². The van der Waals surface area contributed by atoms with E-state index in [1.165, 1.54) is 60.6 Å². The molecule has 4 aromatic heterocycles. The van der Waals surface area contributed by atoms with E-state index in [0.29, 0.717) is 0 Å². The molecule has 0 spiro atoms. The maximum atomic E-state index is 6.40. The lowest BCUT2D eigenvalue weighted by Crippen LogP contribution is -2.28. The first kappa shape index (κ1) is 22.3. The summed E-state index contributed by atoms with van der Waals surface area (Å²) in [6, 6.07) is 13.7. The smallest absolute Gasteiger partial charge is 0.0528 e. The number of hydrogen-bond acceptors (Lipinski definition) is 6. The molecule has 32 heavy (non-hydrogen) atoms. The van der Waals surface area contributed by atoms with Crippen molar-refractivity contribution in [1.82, 2.24) is 0 Å². The van der Waals surface area contributed by atoms with Gasteiger partial charge in [-0.2, -0.15) is 0 Å². The van der Waals surface area contributed by atoms with E-state index in [-0.39, 0.29) is 11.1 Å². The Balaban J connectivity index is 1.60. The molecule has 0 amide bonds. The number of hydrogen-bond donors (Lipinski definition) is 2. The van der Waals surface area contributed by atoms with E-state index in [1.807, 2.05) is 45.3 Å². The Morgan fingerprint density at radius 2 is 1.22 bits per heavy atom. The molecule has 0 atom stereocenters. The molecule has 0 saturated carbocycles. The Kier molecular flexibility index (Phi) is 5.21. The molecular weight excluding hydrogens is 469 g/mol. The molecule has 4 N–H and O–H groups in total. The average molecular weight is 497 g/mol. The van der Waals surface area contributed by atoms with Crippen LogP contribution in [-0.4, -0.2) is 0 Å². The van der Waals surface area contributed by atoms with Crippen LogP contribution in [0.1, 0.15) is 48.6 Å². The molecule has 0 saturated heterocycles. The normalized spacial score (nSPS) is 13.0. The van der Waals surface area contributed by atoms with Gasteiger partial charge in [-0.3, -0.25) is 0 Å². The molecule has 2 nitrogen and oxygen atoms in total. The Morgan fingerprint density at radius 1 is 0.625 bits per heavy atom. The molecule has 6 heteroatoms. The lowest BCUT2D eigenvalue weighted by atomic mass is 10.0. The first-order valence-electron chi connectivity index (χ1n) is 10.7. The molecule has 5 rings (SSSR count). The highest BCUT2D eigenvalue weighted by Crippen LogP contribution is 2.47. The van der Waals surface area contributed by atoms with Gasteiger partial charge in [-0.15, -0.1) is 45.3 Å². The molecule has 4 heterocycles. The van der Waals surface area contributed by atoms with Gasteiger partial charge in [-0.25, -0.2) is 0 Å². The van der Waals surface area contributed by atoms with Crippen LogP contribution in [0.2, 0.25) is 0 Å². The largest absolute Gasteiger partial charge is 0.321 e. The summed E-state index contributed by atoms with van der Waals surface area (Å²) in [4.78, 5) is 7.84. The molecule has 0 aliphatic heterocycles. The van der Waals surface area contributed by atoms with Crippen LogP contribution in [0.4, 0.5) is 0 Å². The van der Waals surface area contributed by atoms with Crippen LogP contribution in [0, 0.1) is 13.8 Å². The molecule has 1 aromatic carbocycles. The number of benzene rings is 1. The summed E-state index contributed by atoms with van der Waals surface area (Å²) < 4.78 is 2.72. The standard InChI is InChI=1S/C26H28N2S4/c1-13-9-17(18-10-14(2)24(31-18)26(5,6)28)29-21(13)19-11-15-7-8-16-12-20(25(3,4)27)32-23(16)22(15)30-19/h7-12H,27-28H2,1-6H3. The fourth-order valence-electron chi connectivity index (χ4n) is 4.11. The van der Waals surface area contributed by atoms with Crippen LogP contribution in [0.15, 0.2) is 36.4 Å². The molecule has 0 fully saturated rings. The van der Waals surface area contributed by atoms with Crippen molar-refractivity contribution in [3.05, 3.63) is 57.3 Å². The van der Waals surface area contributed by atoms with Crippen LogP contribution in [0.25, 0.3) is 39.7 Å². The quantitative estimate of drug-likeness (QED) is 0.262. The third-order valence-electron chi connectivity index (χ3n) is 5.69. The van der Waals surface area contributed by atoms with Crippen molar-refractivity contribution in [1.29, 1.82) is 0 Å². The zero-order valence-electron chi connectivity index (χ0n) is 19.3. The van der Waals surface area contributed by atoms with E-state index in [4.69, 9.17) is 11.5 Å². The van der Waals surface area contributed by atoms with Crippen molar-refractivity contribution in [3.8, 4) is 19.5 Å². The van der Waals surface area contributed by atoms with Crippen molar-refractivity contribution >= 4 is 65.5 Å². The van der Waals surface area contributed by atoms with Gasteiger partial charge >= 0.3 is 0 Å². The Bertz CT molecular complexity index is 1460. The summed E-state index contributed by atoms with van der Waals surface area (Å²) in [5.74, 6) is 0. The lowest BCUT2D eigenvalue weighted by Gasteiger charge is -2.17. The van der Waals surface area contributed by atoms with Gasteiger partial charge in [0.1, 0.15) is 0 Å². The van der Waals surface area contributed by atoms with Crippen LogP contribution >= 0.6 is 45.3 Å². The number of nitrogens with two attached hydrogens (primary N) is 2. The zero-order chi connectivity index (χ0) is 23.0. The summed E-state index contributed by atoms with van der Waals surface area (Å²) in [5, 5.41) is 2.60. The van der Waals surface area contributed by atoms with Crippen molar-refractivity contribution < 1.29 is 0 Å². The minimum absolute atomic E-state index is 0.309. The predicted octanol–water partition coefficient (Wildman–Crippen LogP) is 8.58. The topological polar surface area (TPSA) is 52.0 Å². The van der Waals surface area contributed by atoms with E-state index in [9.17, 15) is 0 Å². The number of rotatable bonds is 4. The second-order valence-corrected chi connectivity index (χ2v) is 14.0. The van der Waals surface area contributed by atoms with Gasteiger partial charge in [-0.1, -0.05) is 12.1 Å². The molecule has 166 valence electrons. The lowest BCUT2D eigenvalue weighted by molar-refractivity contribution is 0.564.